The van der Waals surface area contributed by atoms with Gasteiger partial charge >= 0.3 is 0 Å². The van der Waals surface area contributed by atoms with Crippen LogP contribution in [0.3, 0.4) is 0 Å². The van der Waals surface area contributed by atoms with E-state index in [2.05, 4.69) is 15.9 Å². The summed E-state index contributed by atoms with van der Waals surface area (Å²) in [7, 11) is 0. The largest absolute Gasteiger partial charge is 0.370 e. The highest BCUT2D eigenvalue weighted by Gasteiger charge is 2.51. The molecular weight excluding hydrogens is 334 g/mol. The Morgan fingerprint density at radius 3 is 2.19 bits per heavy atom. The van der Waals surface area contributed by atoms with E-state index in [1.165, 1.54) is 32.1 Å². The molecule has 1 amide bonds. The molecule has 5 aliphatic rings. The number of nitriles is 1. The van der Waals surface area contributed by atoms with Crippen molar-refractivity contribution in [3.8, 4) is 6.07 Å². The van der Waals surface area contributed by atoms with Crippen molar-refractivity contribution < 1.29 is 4.79 Å². The molecule has 0 radical (unpaired) electrons. The van der Waals surface area contributed by atoms with E-state index in [0.717, 1.165) is 50.1 Å². The predicted octanol–water partition coefficient (Wildman–Crippen LogP) is 3.67. The molecule has 6 rings (SSSR count). The quantitative estimate of drug-likeness (QED) is 0.805. The Labute approximate surface area is 162 Å². The van der Waals surface area contributed by atoms with E-state index in [1.807, 2.05) is 24.3 Å². The summed E-state index contributed by atoms with van der Waals surface area (Å²) in [5, 5.41) is 8.98. The average molecular weight is 364 g/mol. The summed E-state index contributed by atoms with van der Waals surface area (Å²) in [4.78, 5) is 18.0. The molecule has 1 saturated heterocycles. The van der Waals surface area contributed by atoms with Crippen LogP contribution in [0.5, 0.6) is 0 Å². The molecule has 4 bridgehead atoms. The zero-order chi connectivity index (χ0) is 18.4. The van der Waals surface area contributed by atoms with Crippen molar-refractivity contribution in [2.45, 2.75) is 38.5 Å². The van der Waals surface area contributed by atoms with E-state index < -0.39 is 0 Å². The van der Waals surface area contributed by atoms with Crippen molar-refractivity contribution in [3.63, 3.8) is 0 Å². The Bertz CT molecular complexity index is 722. The van der Waals surface area contributed by atoms with Gasteiger partial charge in [-0.05, 0) is 86.5 Å². The van der Waals surface area contributed by atoms with Gasteiger partial charge in [0.1, 0.15) is 0 Å². The molecule has 4 aliphatic carbocycles. The van der Waals surface area contributed by atoms with Crippen LogP contribution in [-0.4, -0.2) is 37.0 Å². The van der Waals surface area contributed by atoms with Gasteiger partial charge in [-0.15, -0.1) is 0 Å². The molecule has 0 unspecified atom stereocenters. The van der Waals surface area contributed by atoms with Crippen LogP contribution in [0, 0.1) is 40.9 Å². The van der Waals surface area contributed by atoms with Gasteiger partial charge in [-0.25, -0.2) is 0 Å². The number of carbonyl (C=O) groups is 1. The van der Waals surface area contributed by atoms with E-state index in [0.29, 0.717) is 29.2 Å². The maximum Gasteiger partial charge on any atom is 0.226 e. The van der Waals surface area contributed by atoms with Gasteiger partial charge in [0.15, 0.2) is 0 Å². The summed E-state index contributed by atoms with van der Waals surface area (Å²) in [6.45, 7) is 3.61. The minimum absolute atomic E-state index is 0.319. The van der Waals surface area contributed by atoms with Crippen LogP contribution in [0.25, 0.3) is 0 Å². The number of benzene rings is 1. The highest BCUT2D eigenvalue weighted by atomic mass is 16.2. The summed E-state index contributed by atoms with van der Waals surface area (Å²) >= 11 is 0. The lowest BCUT2D eigenvalue weighted by atomic mass is 9.51. The van der Waals surface area contributed by atoms with Gasteiger partial charge in [0.25, 0.3) is 0 Å². The molecule has 0 N–H and O–H groups in total. The molecule has 1 aliphatic heterocycles. The van der Waals surface area contributed by atoms with Gasteiger partial charge in [-0.1, -0.05) is 0 Å². The third kappa shape index (κ3) is 3.12. The maximum absolute atomic E-state index is 13.4. The van der Waals surface area contributed by atoms with Crippen molar-refractivity contribution in [2.24, 2.45) is 29.6 Å². The SMILES string of the molecule is N#Cc1ccc(N2CCCN(C(=O)C3C4CC5CC(C4)CC3C5)CC2)cc1. The first-order chi connectivity index (χ1) is 13.2. The molecule has 0 atom stereocenters. The first kappa shape index (κ1) is 17.1. The molecule has 1 aromatic rings. The van der Waals surface area contributed by atoms with Gasteiger partial charge in [-0.3, -0.25) is 4.79 Å². The second-order valence-corrected chi connectivity index (χ2v) is 9.28. The van der Waals surface area contributed by atoms with Crippen molar-refractivity contribution in [3.05, 3.63) is 29.8 Å². The fourth-order valence-electron chi connectivity index (χ4n) is 6.68. The first-order valence-corrected chi connectivity index (χ1v) is 10.7. The van der Waals surface area contributed by atoms with Crippen LogP contribution in [0.15, 0.2) is 24.3 Å². The summed E-state index contributed by atoms with van der Waals surface area (Å²) in [6.07, 6.45) is 7.72. The predicted molar refractivity (Wildman–Crippen MR) is 105 cm³/mol. The number of amides is 1. The van der Waals surface area contributed by atoms with E-state index >= 15 is 0 Å². The van der Waals surface area contributed by atoms with Crippen LogP contribution >= 0.6 is 0 Å². The van der Waals surface area contributed by atoms with Crippen molar-refractivity contribution in [2.75, 3.05) is 31.1 Å². The van der Waals surface area contributed by atoms with Crippen molar-refractivity contribution >= 4 is 11.6 Å². The Kier molecular flexibility index (Phi) is 4.34. The second-order valence-electron chi connectivity index (χ2n) is 9.28. The van der Waals surface area contributed by atoms with Crippen molar-refractivity contribution in [1.29, 1.82) is 5.26 Å². The van der Waals surface area contributed by atoms with Gasteiger partial charge in [0, 0.05) is 37.8 Å². The van der Waals surface area contributed by atoms with Crippen LogP contribution in [0.1, 0.15) is 44.1 Å². The van der Waals surface area contributed by atoms with Crippen LogP contribution < -0.4 is 4.90 Å². The van der Waals surface area contributed by atoms with Gasteiger partial charge in [0.2, 0.25) is 5.91 Å². The minimum atomic E-state index is 0.319. The van der Waals surface area contributed by atoms with E-state index in [9.17, 15) is 4.79 Å². The molecule has 4 nitrogen and oxygen atoms in total. The number of rotatable bonds is 2. The third-order valence-corrected chi connectivity index (χ3v) is 7.68. The van der Waals surface area contributed by atoms with Gasteiger partial charge in [0.05, 0.1) is 11.6 Å². The smallest absolute Gasteiger partial charge is 0.226 e. The van der Waals surface area contributed by atoms with Crippen LogP contribution in [0.2, 0.25) is 0 Å². The Balaban J connectivity index is 1.25. The minimum Gasteiger partial charge on any atom is -0.370 e. The summed E-state index contributed by atoms with van der Waals surface area (Å²) in [5.74, 6) is 3.98. The summed E-state index contributed by atoms with van der Waals surface area (Å²) in [5.41, 5.74) is 1.87. The number of carbonyl (C=O) groups excluding carboxylic acids is 1. The Morgan fingerprint density at radius 2 is 1.56 bits per heavy atom. The van der Waals surface area contributed by atoms with Crippen LogP contribution in [-0.2, 0) is 4.79 Å². The fraction of sp³-hybridized carbons (Fsp3) is 0.652. The number of hydrogen-bond donors (Lipinski definition) is 0. The number of hydrogen-bond acceptors (Lipinski definition) is 3. The standard InChI is InChI=1S/C23H29N3O/c24-15-16-2-4-21(5-3-16)25-6-1-7-26(9-8-25)23(27)22-19-11-17-10-18(13-19)14-20(22)12-17/h2-5,17-20,22H,1,6-14H2. The zero-order valence-corrected chi connectivity index (χ0v) is 16.0. The van der Waals surface area contributed by atoms with Gasteiger partial charge < -0.3 is 9.80 Å². The molecule has 27 heavy (non-hydrogen) atoms. The van der Waals surface area contributed by atoms with Crippen molar-refractivity contribution in [1.82, 2.24) is 4.90 Å². The maximum atomic E-state index is 13.4. The summed E-state index contributed by atoms with van der Waals surface area (Å²) < 4.78 is 0. The average Bonchev–Trinajstić information content (AvgIpc) is 2.93. The molecule has 0 aromatic heterocycles. The molecule has 1 aromatic carbocycles. The van der Waals surface area contributed by atoms with Crippen LogP contribution in [0.4, 0.5) is 5.69 Å². The lowest BCUT2D eigenvalue weighted by molar-refractivity contribution is -0.148. The monoisotopic (exact) mass is 363 g/mol. The Morgan fingerprint density at radius 1 is 0.889 bits per heavy atom. The topological polar surface area (TPSA) is 47.3 Å². The molecule has 142 valence electrons. The second kappa shape index (κ2) is 6.86. The third-order valence-electron chi connectivity index (χ3n) is 7.68. The lowest BCUT2D eigenvalue weighted by Gasteiger charge is -2.54. The zero-order valence-electron chi connectivity index (χ0n) is 16.0. The molecule has 5 fully saturated rings. The number of anilines is 1. The van der Waals surface area contributed by atoms with E-state index in [-0.39, 0.29) is 0 Å². The fourth-order valence-corrected chi connectivity index (χ4v) is 6.68. The van der Waals surface area contributed by atoms with Gasteiger partial charge in [-0.2, -0.15) is 5.26 Å². The highest BCUT2D eigenvalue weighted by Crippen LogP contribution is 2.56. The Hall–Kier alpha value is -2.02. The molecular formula is C23H29N3O. The lowest BCUT2D eigenvalue weighted by Crippen LogP contribution is -2.52. The molecule has 4 saturated carbocycles. The number of nitrogens with zero attached hydrogens (tertiary/aromatic N) is 3. The molecule has 1 heterocycles. The van der Waals surface area contributed by atoms with E-state index in [4.69, 9.17) is 5.26 Å². The molecule has 0 spiro atoms. The van der Waals surface area contributed by atoms with E-state index in [1.54, 1.807) is 0 Å². The normalized spacial score (nSPS) is 35.0. The summed E-state index contributed by atoms with van der Waals surface area (Å²) in [6, 6.07) is 10.0. The highest BCUT2D eigenvalue weighted by molar-refractivity contribution is 5.80. The molecule has 4 heteroatoms. The first-order valence-electron chi connectivity index (χ1n) is 10.7.